The van der Waals surface area contributed by atoms with Crippen LogP contribution in [-0.4, -0.2) is 19.1 Å². The van der Waals surface area contributed by atoms with Gasteiger partial charge in [0.25, 0.3) is 0 Å². The predicted octanol–water partition coefficient (Wildman–Crippen LogP) is 3.57. The molecule has 0 spiro atoms. The standard InChI is InChI=1S/C7H12N2.2C2H6/c1-3-7(2)4-8-6-9-5-7;2*1-2/h4,6H,3,5H2,1-2H3;2*1-2H3. The molecule has 1 aliphatic rings. The van der Waals surface area contributed by atoms with E-state index in [1.807, 2.05) is 33.9 Å². The van der Waals surface area contributed by atoms with Crippen LogP contribution in [0.4, 0.5) is 0 Å². The summed E-state index contributed by atoms with van der Waals surface area (Å²) in [6.07, 6.45) is 4.73. The lowest BCUT2D eigenvalue weighted by molar-refractivity contribution is 0.472. The van der Waals surface area contributed by atoms with Gasteiger partial charge in [-0.05, 0) is 6.42 Å². The Hall–Kier alpha value is -0.660. The largest absolute Gasteiger partial charge is 0.273 e. The fourth-order valence-electron chi connectivity index (χ4n) is 0.754. The second-order valence-corrected chi connectivity index (χ2v) is 2.74. The molecule has 0 fully saturated rings. The molecule has 0 aromatic heterocycles. The Balaban J connectivity index is 0. The Morgan fingerprint density at radius 3 is 2.00 bits per heavy atom. The van der Waals surface area contributed by atoms with Crippen molar-refractivity contribution in [1.29, 1.82) is 0 Å². The average molecular weight is 184 g/mol. The molecule has 78 valence electrons. The van der Waals surface area contributed by atoms with E-state index < -0.39 is 0 Å². The number of aliphatic imine (C=N–C) groups is 2. The van der Waals surface area contributed by atoms with Gasteiger partial charge < -0.3 is 0 Å². The van der Waals surface area contributed by atoms with Crippen molar-refractivity contribution in [2.75, 3.05) is 6.54 Å². The minimum absolute atomic E-state index is 0.231. The molecule has 2 nitrogen and oxygen atoms in total. The van der Waals surface area contributed by atoms with E-state index in [2.05, 4.69) is 23.8 Å². The molecule has 1 heterocycles. The normalized spacial score (nSPS) is 23.8. The fraction of sp³-hybridized carbons (Fsp3) is 0.818. The van der Waals surface area contributed by atoms with E-state index in [1.165, 1.54) is 0 Å². The molecule has 13 heavy (non-hydrogen) atoms. The molecule has 2 heteroatoms. The van der Waals surface area contributed by atoms with E-state index in [-0.39, 0.29) is 5.41 Å². The Bertz CT molecular complexity index is 150. The van der Waals surface area contributed by atoms with Crippen molar-refractivity contribution < 1.29 is 0 Å². The van der Waals surface area contributed by atoms with Crippen molar-refractivity contribution in [3.05, 3.63) is 0 Å². The van der Waals surface area contributed by atoms with E-state index >= 15 is 0 Å². The van der Waals surface area contributed by atoms with E-state index in [0.717, 1.165) is 13.0 Å². The number of hydrogen-bond acceptors (Lipinski definition) is 2. The summed E-state index contributed by atoms with van der Waals surface area (Å²) in [5, 5.41) is 0. The molecule has 1 rings (SSSR count). The molecule has 0 bridgehead atoms. The summed E-state index contributed by atoms with van der Waals surface area (Å²) >= 11 is 0. The zero-order valence-electron chi connectivity index (χ0n) is 9.96. The van der Waals surface area contributed by atoms with Crippen LogP contribution in [0.15, 0.2) is 9.98 Å². The van der Waals surface area contributed by atoms with Crippen LogP contribution in [0.2, 0.25) is 0 Å². The Labute approximate surface area is 83.2 Å². The van der Waals surface area contributed by atoms with Gasteiger partial charge in [0, 0.05) is 11.6 Å². The van der Waals surface area contributed by atoms with Gasteiger partial charge in [-0.25, -0.2) is 4.99 Å². The van der Waals surface area contributed by atoms with Crippen molar-refractivity contribution in [2.45, 2.75) is 48.0 Å². The molecular formula is C11H24N2. The molecule has 0 saturated carbocycles. The minimum atomic E-state index is 0.231. The van der Waals surface area contributed by atoms with Gasteiger partial charge in [-0.2, -0.15) is 0 Å². The number of nitrogens with zero attached hydrogens (tertiary/aromatic N) is 2. The molecule has 1 aliphatic heterocycles. The summed E-state index contributed by atoms with van der Waals surface area (Å²) in [7, 11) is 0. The highest BCUT2D eigenvalue weighted by Crippen LogP contribution is 2.19. The first-order chi connectivity index (χ1) is 6.27. The maximum absolute atomic E-state index is 4.08. The highest BCUT2D eigenvalue weighted by molar-refractivity contribution is 5.78. The molecule has 0 saturated heterocycles. The smallest absolute Gasteiger partial charge is 0.109 e. The zero-order chi connectivity index (χ0) is 10.7. The first-order valence-electron chi connectivity index (χ1n) is 5.29. The Morgan fingerprint density at radius 1 is 1.23 bits per heavy atom. The van der Waals surface area contributed by atoms with E-state index in [4.69, 9.17) is 0 Å². The summed E-state index contributed by atoms with van der Waals surface area (Å²) in [4.78, 5) is 8.06. The highest BCUT2D eigenvalue weighted by Gasteiger charge is 2.19. The van der Waals surface area contributed by atoms with Gasteiger partial charge in [0.15, 0.2) is 0 Å². The second-order valence-electron chi connectivity index (χ2n) is 2.74. The van der Waals surface area contributed by atoms with E-state index in [9.17, 15) is 0 Å². The van der Waals surface area contributed by atoms with Crippen LogP contribution in [0.3, 0.4) is 0 Å². The van der Waals surface area contributed by atoms with Crippen molar-refractivity contribution in [2.24, 2.45) is 15.4 Å². The van der Waals surface area contributed by atoms with Gasteiger partial charge in [-0.1, -0.05) is 41.5 Å². The third-order valence-corrected chi connectivity index (χ3v) is 1.79. The first-order valence-corrected chi connectivity index (χ1v) is 5.29. The maximum Gasteiger partial charge on any atom is 0.109 e. The SMILES string of the molecule is CC.CC.CCC1(C)C=NC=NC1. The van der Waals surface area contributed by atoms with Crippen molar-refractivity contribution in [1.82, 2.24) is 0 Å². The summed E-state index contributed by atoms with van der Waals surface area (Å²) in [5.74, 6) is 0. The van der Waals surface area contributed by atoms with E-state index in [0.29, 0.717) is 0 Å². The number of hydrogen-bond donors (Lipinski definition) is 0. The molecular weight excluding hydrogens is 160 g/mol. The molecule has 0 aromatic carbocycles. The summed E-state index contributed by atoms with van der Waals surface area (Å²) in [6.45, 7) is 13.2. The summed E-state index contributed by atoms with van der Waals surface area (Å²) < 4.78 is 0. The Kier molecular flexibility index (Phi) is 10.8. The van der Waals surface area contributed by atoms with Crippen LogP contribution >= 0.6 is 0 Å². The van der Waals surface area contributed by atoms with Crippen LogP contribution in [0.5, 0.6) is 0 Å². The molecule has 1 unspecified atom stereocenters. The van der Waals surface area contributed by atoms with Crippen LogP contribution in [-0.2, 0) is 0 Å². The predicted molar refractivity (Wildman–Crippen MR) is 62.9 cm³/mol. The van der Waals surface area contributed by atoms with Gasteiger partial charge in [0.2, 0.25) is 0 Å². The van der Waals surface area contributed by atoms with Gasteiger partial charge in [-0.15, -0.1) is 0 Å². The van der Waals surface area contributed by atoms with E-state index in [1.54, 1.807) is 6.34 Å². The monoisotopic (exact) mass is 184 g/mol. The van der Waals surface area contributed by atoms with Crippen molar-refractivity contribution in [3.63, 3.8) is 0 Å². The maximum atomic E-state index is 4.08. The second kappa shape index (κ2) is 9.43. The molecule has 0 amide bonds. The van der Waals surface area contributed by atoms with Crippen molar-refractivity contribution >= 4 is 12.6 Å². The van der Waals surface area contributed by atoms with Crippen LogP contribution in [0, 0.1) is 5.41 Å². The fourth-order valence-corrected chi connectivity index (χ4v) is 0.754. The van der Waals surface area contributed by atoms with Gasteiger partial charge in [0.05, 0.1) is 6.54 Å². The van der Waals surface area contributed by atoms with Crippen LogP contribution in [0.1, 0.15) is 48.0 Å². The lowest BCUT2D eigenvalue weighted by Crippen LogP contribution is -2.23. The lowest BCUT2D eigenvalue weighted by atomic mass is 9.89. The summed E-state index contributed by atoms with van der Waals surface area (Å²) in [6, 6.07) is 0. The molecule has 0 N–H and O–H groups in total. The van der Waals surface area contributed by atoms with Gasteiger partial charge in [-0.3, -0.25) is 4.99 Å². The van der Waals surface area contributed by atoms with Gasteiger partial charge >= 0.3 is 0 Å². The first kappa shape index (κ1) is 14.8. The quantitative estimate of drug-likeness (QED) is 0.595. The minimum Gasteiger partial charge on any atom is -0.273 e. The van der Waals surface area contributed by atoms with Crippen LogP contribution in [0.25, 0.3) is 0 Å². The van der Waals surface area contributed by atoms with Gasteiger partial charge in [0.1, 0.15) is 6.34 Å². The topological polar surface area (TPSA) is 24.7 Å². The molecule has 0 radical (unpaired) electrons. The third-order valence-electron chi connectivity index (χ3n) is 1.79. The van der Waals surface area contributed by atoms with Crippen LogP contribution < -0.4 is 0 Å². The molecule has 0 aliphatic carbocycles. The summed E-state index contributed by atoms with van der Waals surface area (Å²) in [5.41, 5.74) is 0.231. The molecule has 1 atom stereocenters. The Morgan fingerprint density at radius 2 is 1.77 bits per heavy atom. The highest BCUT2D eigenvalue weighted by atomic mass is 14.9. The zero-order valence-corrected chi connectivity index (χ0v) is 9.96. The lowest BCUT2D eigenvalue weighted by Gasteiger charge is -2.21. The third kappa shape index (κ3) is 6.50. The molecule has 0 aromatic rings. The van der Waals surface area contributed by atoms with Crippen molar-refractivity contribution in [3.8, 4) is 0 Å². The average Bonchev–Trinajstić information content (AvgIpc) is 2.25. The number of rotatable bonds is 1.